The van der Waals surface area contributed by atoms with Crippen molar-refractivity contribution in [1.29, 1.82) is 0 Å². The molecule has 1 rings (SSSR count). The standard InChI is InChI=1S/C12H14Cl2F2/c1-3-7(4-2)12(14)8-5-10(15)11(16)6-9(8)13/h5-7,12H,3-4H2,1-2H3. The van der Waals surface area contributed by atoms with Gasteiger partial charge in [-0.2, -0.15) is 0 Å². The molecule has 0 fully saturated rings. The minimum absolute atomic E-state index is 0.186. The van der Waals surface area contributed by atoms with Crippen LogP contribution in [0.25, 0.3) is 0 Å². The lowest BCUT2D eigenvalue weighted by molar-refractivity contribution is 0.469. The third-order valence-electron chi connectivity index (χ3n) is 2.80. The zero-order valence-electron chi connectivity index (χ0n) is 9.24. The molecule has 0 N–H and O–H groups in total. The second-order valence-corrected chi connectivity index (χ2v) is 4.64. The van der Waals surface area contributed by atoms with Crippen LogP contribution in [0.15, 0.2) is 12.1 Å². The quantitative estimate of drug-likeness (QED) is 0.510. The van der Waals surface area contributed by atoms with E-state index in [0.717, 1.165) is 25.0 Å². The summed E-state index contributed by atoms with van der Waals surface area (Å²) in [6.45, 7) is 4.02. The monoisotopic (exact) mass is 266 g/mol. The summed E-state index contributed by atoms with van der Waals surface area (Å²) in [5.41, 5.74) is 0.468. The molecule has 0 heterocycles. The van der Waals surface area contributed by atoms with E-state index in [1.165, 1.54) is 0 Å². The fourth-order valence-electron chi connectivity index (χ4n) is 1.71. The van der Waals surface area contributed by atoms with Crippen molar-refractivity contribution in [3.05, 3.63) is 34.4 Å². The number of hydrogen-bond donors (Lipinski definition) is 0. The van der Waals surface area contributed by atoms with Crippen LogP contribution in [0.5, 0.6) is 0 Å². The molecule has 0 amide bonds. The largest absolute Gasteiger partial charge is 0.204 e. The maximum atomic E-state index is 13.1. The summed E-state index contributed by atoms with van der Waals surface area (Å²) in [5.74, 6) is -1.64. The van der Waals surface area contributed by atoms with Gasteiger partial charge in [-0.1, -0.05) is 38.3 Å². The number of hydrogen-bond acceptors (Lipinski definition) is 0. The Morgan fingerprint density at radius 3 is 2.12 bits per heavy atom. The van der Waals surface area contributed by atoms with Crippen molar-refractivity contribution in [3.8, 4) is 0 Å². The van der Waals surface area contributed by atoms with E-state index in [-0.39, 0.29) is 16.3 Å². The van der Waals surface area contributed by atoms with Crippen LogP contribution < -0.4 is 0 Å². The number of alkyl halides is 1. The molecule has 0 spiro atoms. The van der Waals surface area contributed by atoms with Crippen molar-refractivity contribution in [2.75, 3.05) is 0 Å². The van der Waals surface area contributed by atoms with Crippen LogP contribution in [0.2, 0.25) is 5.02 Å². The fourth-order valence-corrected chi connectivity index (χ4v) is 2.57. The van der Waals surface area contributed by atoms with Crippen LogP contribution in [0, 0.1) is 17.6 Å². The molecule has 90 valence electrons. The van der Waals surface area contributed by atoms with Crippen LogP contribution in [0.3, 0.4) is 0 Å². The van der Waals surface area contributed by atoms with Gasteiger partial charge in [-0.25, -0.2) is 8.78 Å². The lowest BCUT2D eigenvalue weighted by atomic mass is 9.94. The van der Waals surface area contributed by atoms with Gasteiger partial charge in [0.05, 0.1) is 5.38 Å². The van der Waals surface area contributed by atoms with Gasteiger partial charge in [0.15, 0.2) is 11.6 Å². The Morgan fingerprint density at radius 1 is 1.12 bits per heavy atom. The van der Waals surface area contributed by atoms with Crippen molar-refractivity contribution in [1.82, 2.24) is 0 Å². The predicted molar refractivity (Wildman–Crippen MR) is 64.0 cm³/mol. The second kappa shape index (κ2) is 5.83. The summed E-state index contributed by atoms with van der Waals surface area (Å²) in [5, 5.41) is -0.191. The molecule has 0 bridgehead atoms. The molecule has 4 heteroatoms. The molecule has 0 aliphatic carbocycles. The molecule has 0 nitrogen and oxygen atoms in total. The molecule has 0 saturated heterocycles. The second-order valence-electron chi connectivity index (χ2n) is 3.77. The van der Waals surface area contributed by atoms with E-state index in [0.29, 0.717) is 5.56 Å². The van der Waals surface area contributed by atoms with Gasteiger partial charge < -0.3 is 0 Å². The molecule has 1 unspecified atom stereocenters. The van der Waals surface area contributed by atoms with Crippen molar-refractivity contribution in [2.24, 2.45) is 5.92 Å². The Morgan fingerprint density at radius 2 is 1.62 bits per heavy atom. The Bertz CT molecular complexity index is 362. The summed E-state index contributed by atoms with van der Waals surface area (Å²) in [4.78, 5) is 0. The zero-order valence-corrected chi connectivity index (χ0v) is 10.7. The average Bonchev–Trinajstić information content (AvgIpc) is 2.25. The Labute approximate surface area is 105 Å². The van der Waals surface area contributed by atoms with E-state index in [2.05, 4.69) is 0 Å². The molecule has 1 atom stereocenters. The first-order valence-electron chi connectivity index (χ1n) is 5.29. The van der Waals surface area contributed by atoms with Gasteiger partial charge in [-0.05, 0) is 23.6 Å². The summed E-state index contributed by atoms with van der Waals surface area (Å²) in [7, 11) is 0. The topological polar surface area (TPSA) is 0 Å². The Hall–Kier alpha value is -0.340. The molecular weight excluding hydrogens is 253 g/mol. The van der Waals surface area contributed by atoms with Crippen LogP contribution in [0.4, 0.5) is 8.78 Å². The first-order valence-corrected chi connectivity index (χ1v) is 6.11. The molecule has 0 aliphatic rings. The molecule has 0 aliphatic heterocycles. The van der Waals surface area contributed by atoms with Gasteiger partial charge in [0.25, 0.3) is 0 Å². The van der Waals surface area contributed by atoms with Gasteiger partial charge >= 0.3 is 0 Å². The summed E-state index contributed by atoms with van der Waals surface area (Å²) < 4.78 is 26.0. The predicted octanol–water partition coefficient (Wildman–Crippen LogP) is 5.33. The van der Waals surface area contributed by atoms with Crippen LogP contribution in [-0.2, 0) is 0 Å². The van der Waals surface area contributed by atoms with Crippen molar-refractivity contribution in [2.45, 2.75) is 32.1 Å². The van der Waals surface area contributed by atoms with E-state index in [1.807, 2.05) is 13.8 Å². The van der Waals surface area contributed by atoms with Crippen molar-refractivity contribution >= 4 is 23.2 Å². The Kier molecular flexibility index (Phi) is 5.00. The van der Waals surface area contributed by atoms with Gasteiger partial charge in [0, 0.05) is 5.02 Å². The highest BCUT2D eigenvalue weighted by atomic mass is 35.5. The van der Waals surface area contributed by atoms with E-state index < -0.39 is 11.6 Å². The van der Waals surface area contributed by atoms with E-state index in [1.54, 1.807) is 0 Å². The van der Waals surface area contributed by atoms with Gasteiger partial charge in [-0.3, -0.25) is 0 Å². The third kappa shape index (κ3) is 2.86. The molecule has 0 saturated carbocycles. The zero-order chi connectivity index (χ0) is 12.3. The van der Waals surface area contributed by atoms with Crippen LogP contribution in [0.1, 0.15) is 37.6 Å². The SMILES string of the molecule is CCC(CC)C(Cl)c1cc(F)c(F)cc1Cl. The van der Waals surface area contributed by atoms with Crippen molar-refractivity contribution in [3.63, 3.8) is 0 Å². The van der Waals surface area contributed by atoms with Gasteiger partial charge in [0.1, 0.15) is 0 Å². The average molecular weight is 267 g/mol. The van der Waals surface area contributed by atoms with E-state index in [4.69, 9.17) is 23.2 Å². The highest BCUT2D eigenvalue weighted by Crippen LogP contribution is 2.37. The lowest BCUT2D eigenvalue weighted by Crippen LogP contribution is -2.07. The van der Waals surface area contributed by atoms with Crippen LogP contribution in [-0.4, -0.2) is 0 Å². The lowest BCUT2D eigenvalue weighted by Gasteiger charge is -2.20. The van der Waals surface area contributed by atoms with Crippen molar-refractivity contribution < 1.29 is 8.78 Å². The summed E-state index contributed by atoms with van der Waals surface area (Å²) >= 11 is 12.1. The van der Waals surface area contributed by atoms with Gasteiger partial charge in [-0.15, -0.1) is 11.6 Å². The molecule has 16 heavy (non-hydrogen) atoms. The van der Waals surface area contributed by atoms with E-state index >= 15 is 0 Å². The number of benzene rings is 1. The number of halogens is 4. The molecule has 1 aromatic carbocycles. The minimum Gasteiger partial charge on any atom is -0.204 e. The van der Waals surface area contributed by atoms with Crippen LogP contribution >= 0.6 is 23.2 Å². The highest BCUT2D eigenvalue weighted by Gasteiger charge is 2.22. The van der Waals surface area contributed by atoms with E-state index in [9.17, 15) is 8.78 Å². The highest BCUT2D eigenvalue weighted by molar-refractivity contribution is 6.32. The molecular formula is C12H14Cl2F2. The molecule has 1 aromatic rings. The summed E-state index contributed by atoms with van der Waals surface area (Å²) in [6, 6.07) is 2.07. The smallest absolute Gasteiger partial charge is 0.160 e. The van der Waals surface area contributed by atoms with Gasteiger partial charge in [0.2, 0.25) is 0 Å². The first-order chi connectivity index (χ1) is 7.51. The normalized spacial score (nSPS) is 13.2. The first kappa shape index (κ1) is 13.7. The third-order valence-corrected chi connectivity index (χ3v) is 3.72. The minimum atomic E-state index is -0.942. The number of rotatable bonds is 4. The summed E-state index contributed by atoms with van der Waals surface area (Å²) in [6.07, 6.45) is 1.75. The molecule has 0 radical (unpaired) electrons. The maximum absolute atomic E-state index is 13.1. The Balaban J connectivity index is 3.07. The fraction of sp³-hybridized carbons (Fsp3) is 0.500. The molecule has 0 aromatic heterocycles. The maximum Gasteiger partial charge on any atom is 0.160 e.